The highest BCUT2D eigenvalue weighted by atomic mass is 16.1. The van der Waals surface area contributed by atoms with Gasteiger partial charge in [-0.3, -0.25) is 4.79 Å². The molecule has 2 N–H and O–H groups in total. The summed E-state index contributed by atoms with van der Waals surface area (Å²) in [6, 6.07) is 3.82. The van der Waals surface area contributed by atoms with Crippen LogP contribution in [0.3, 0.4) is 0 Å². The van der Waals surface area contributed by atoms with E-state index in [0.29, 0.717) is 11.5 Å². The summed E-state index contributed by atoms with van der Waals surface area (Å²) < 4.78 is 0. The van der Waals surface area contributed by atoms with Crippen LogP contribution in [0, 0.1) is 5.92 Å². The molecule has 0 aliphatic carbocycles. The van der Waals surface area contributed by atoms with Gasteiger partial charge in [-0.1, -0.05) is 0 Å². The van der Waals surface area contributed by atoms with E-state index in [1.54, 1.807) is 6.20 Å². The molecule has 0 atom stereocenters. The van der Waals surface area contributed by atoms with Crippen molar-refractivity contribution in [2.24, 2.45) is 5.92 Å². The molecule has 0 saturated carbocycles. The average Bonchev–Trinajstić information content (AvgIpc) is 2.91. The van der Waals surface area contributed by atoms with E-state index in [-0.39, 0.29) is 5.91 Å². The first-order valence-corrected chi connectivity index (χ1v) is 7.03. The maximum absolute atomic E-state index is 11.9. The molecule has 5 nitrogen and oxygen atoms in total. The molecular formula is C14H20N4O. The van der Waals surface area contributed by atoms with Gasteiger partial charge in [0, 0.05) is 44.8 Å². The number of hydrogen-bond acceptors (Lipinski definition) is 4. The third-order valence-electron chi connectivity index (χ3n) is 3.86. The molecular weight excluding hydrogens is 240 g/mol. The van der Waals surface area contributed by atoms with Crippen molar-refractivity contribution >= 4 is 11.7 Å². The van der Waals surface area contributed by atoms with Gasteiger partial charge in [0.2, 0.25) is 0 Å². The molecule has 2 fully saturated rings. The van der Waals surface area contributed by atoms with Gasteiger partial charge in [0.15, 0.2) is 0 Å². The van der Waals surface area contributed by atoms with Gasteiger partial charge in [-0.2, -0.15) is 0 Å². The van der Waals surface area contributed by atoms with Crippen molar-refractivity contribution < 1.29 is 4.79 Å². The van der Waals surface area contributed by atoms with Crippen LogP contribution < -0.4 is 15.5 Å². The Morgan fingerprint density at radius 3 is 2.74 bits per heavy atom. The van der Waals surface area contributed by atoms with Gasteiger partial charge in [0.25, 0.3) is 5.91 Å². The molecule has 0 radical (unpaired) electrons. The van der Waals surface area contributed by atoms with Crippen LogP contribution >= 0.6 is 0 Å². The summed E-state index contributed by atoms with van der Waals surface area (Å²) in [7, 11) is 0. The second kappa shape index (κ2) is 5.57. The smallest absolute Gasteiger partial charge is 0.252 e. The standard InChI is InChI=1S/C14H20N4O/c19-14(17-9-11-7-15-8-11)12-3-4-13(16-10-12)18-5-1-2-6-18/h3-4,10-11,15H,1-2,5-9H2,(H,17,19). The molecule has 0 bridgehead atoms. The summed E-state index contributed by atoms with van der Waals surface area (Å²) in [5.41, 5.74) is 0.648. The normalized spacial score (nSPS) is 19.3. The van der Waals surface area contributed by atoms with E-state index in [4.69, 9.17) is 0 Å². The lowest BCUT2D eigenvalue weighted by molar-refractivity contribution is 0.0942. The lowest BCUT2D eigenvalue weighted by atomic mass is 10.0. The second-order valence-corrected chi connectivity index (χ2v) is 5.33. The van der Waals surface area contributed by atoms with E-state index >= 15 is 0 Å². The second-order valence-electron chi connectivity index (χ2n) is 5.33. The van der Waals surface area contributed by atoms with E-state index in [0.717, 1.165) is 38.5 Å². The van der Waals surface area contributed by atoms with Gasteiger partial charge < -0.3 is 15.5 Å². The number of pyridine rings is 1. The van der Waals surface area contributed by atoms with Gasteiger partial charge in [0.1, 0.15) is 5.82 Å². The molecule has 3 rings (SSSR count). The van der Waals surface area contributed by atoms with Crippen LogP contribution in [0.5, 0.6) is 0 Å². The third-order valence-corrected chi connectivity index (χ3v) is 3.86. The van der Waals surface area contributed by atoms with Crippen LogP contribution in [-0.2, 0) is 0 Å². The average molecular weight is 260 g/mol. The Labute approximate surface area is 113 Å². The zero-order valence-electron chi connectivity index (χ0n) is 11.1. The largest absolute Gasteiger partial charge is 0.357 e. The molecule has 2 saturated heterocycles. The van der Waals surface area contributed by atoms with Crippen LogP contribution in [0.25, 0.3) is 0 Å². The molecule has 2 aliphatic rings. The molecule has 1 aromatic heterocycles. The Balaban J connectivity index is 1.56. The minimum absolute atomic E-state index is 0.0210. The molecule has 0 aromatic carbocycles. The van der Waals surface area contributed by atoms with E-state index in [1.807, 2.05) is 12.1 Å². The number of aromatic nitrogens is 1. The molecule has 102 valence electrons. The van der Waals surface area contributed by atoms with Crippen LogP contribution in [0.4, 0.5) is 5.82 Å². The molecule has 2 aliphatic heterocycles. The molecule has 0 unspecified atom stereocenters. The van der Waals surface area contributed by atoms with Gasteiger partial charge in [-0.15, -0.1) is 0 Å². The van der Waals surface area contributed by atoms with E-state index in [1.165, 1.54) is 12.8 Å². The van der Waals surface area contributed by atoms with Crippen molar-refractivity contribution in [3.05, 3.63) is 23.9 Å². The quantitative estimate of drug-likeness (QED) is 0.834. The van der Waals surface area contributed by atoms with Gasteiger partial charge in [0.05, 0.1) is 5.56 Å². The number of anilines is 1. The summed E-state index contributed by atoms with van der Waals surface area (Å²) >= 11 is 0. The van der Waals surface area contributed by atoms with Crippen molar-refractivity contribution in [3.63, 3.8) is 0 Å². The summed E-state index contributed by atoms with van der Waals surface area (Å²) in [5.74, 6) is 1.55. The molecule has 3 heterocycles. The third kappa shape index (κ3) is 2.87. The topological polar surface area (TPSA) is 57.3 Å². The van der Waals surface area contributed by atoms with Gasteiger partial charge in [-0.25, -0.2) is 4.98 Å². The maximum atomic E-state index is 11.9. The zero-order chi connectivity index (χ0) is 13.1. The molecule has 5 heteroatoms. The van der Waals surface area contributed by atoms with Crippen LogP contribution in [0.2, 0.25) is 0 Å². The number of rotatable bonds is 4. The van der Waals surface area contributed by atoms with Crippen molar-refractivity contribution in [2.45, 2.75) is 12.8 Å². The lowest BCUT2D eigenvalue weighted by Crippen LogP contribution is -2.48. The molecule has 0 spiro atoms. The molecule has 1 aromatic rings. The Hall–Kier alpha value is -1.62. The fourth-order valence-corrected chi connectivity index (χ4v) is 2.49. The number of carbonyl (C=O) groups is 1. The highest BCUT2D eigenvalue weighted by Crippen LogP contribution is 2.17. The Bertz CT molecular complexity index is 435. The van der Waals surface area contributed by atoms with Crippen molar-refractivity contribution in [1.82, 2.24) is 15.6 Å². The molecule has 1 amide bonds. The first kappa shape index (κ1) is 12.4. The van der Waals surface area contributed by atoms with Gasteiger partial charge >= 0.3 is 0 Å². The summed E-state index contributed by atoms with van der Waals surface area (Å²) in [6.45, 7) is 4.92. The highest BCUT2D eigenvalue weighted by molar-refractivity contribution is 5.94. The number of carbonyl (C=O) groups excluding carboxylic acids is 1. The number of hydrogen-bond donors (Lipinski definition) is 2. The zero-order valence-corrected chi connectivity index (χ0v) is 11.1. The lowest BCUT2D eigenvalue weighted by Gasteiger charge is -2.27. The number of amides is 1. The Kier molecular flexibility index (Phi) is 3.64. The minimum atomic E-state index is -0.0210. The predicted octanol–water partition coefficient (Wildman–Crippen LogP) is 0.631. The summed E-state index contributed by atoms with van der Waals surface area (Å²) in [6.07, 6.45) is 4.15. The maximum Gasteiger partial charge on any atom is 0.252 e. The minimum Gasteiger partial charge on any atom is -0.357 e. The SMILES string of the molecule is O=C(NCC1CNC1)c1ccc(N2CCCC2)nc1. The van der Waals surface area contributed by atoms with Crippen molar-refractivity contribution in [1.29, 1.82) is 0 Å². The molecule has 19 heavy (non-hydrogen) atoms. The van der Waals surface area contributed by atoms with Gasteiger partial charge in [-0.05, 0) is 25.0 Å². The Morgan fingerprint density at radius 1 is 1.37 bits per heavy atom. The van der Waals surface area contributed by atoms with Crippen LogP contribution in [-0.4, -0.2) is 43.6 Å². The Morgan fingerprint density at radius 2 is 2.16 bits per heavy atom. The van der Waals surface area contributed by atoms with Crippen LogP contribution in [0.1, 0.15) is 23.2 Å². The fourth-order valence-electron chi connectivity index (χ4n) is 2.49. The highest BCUT2D eigenvalue weighted by Gasteiger charge is 2.18. The van der Waals surface area contributed by atoms with Crippen LogP contribution in [0.15, 0.2) is 18.3 Å². The summed E-state index contributed by atoms with van der Waals surface area (Å²) in [4.78, 5) is 18.6. The van der Waals surface area contributed by atoms with Crippen molar-refractivity contribution in [2.75, 3.05) is 37.6 Å². The van der Waals surface area contributed by atoms with E-state index < -0.39 is 0 Å². The fraction of sp³-hybridized carbons (Fsp3) is 0.571. The number of nitrogens with zero attached hydrogens (tertiary/aromatic N) is 2. The first-order valence-electron chi connectivity index (χ1n) is 7.03. The summed E-state index contributed by atoms with van der Waals surface area (Å²) in [5, 5.41) is 6.15. The monoisotopic (exact) mass is 260 g/mol. The predicted molar refractivity (Wildman–Crippen MR) is 74.4 cm³/mol. The van der Waals surface area contributed by atoms with E-state index in [9.17, 15) is 4.79 Å². The number of nitrogens with one attached hydrogen (secondary N) is 2. The van der Waals surface area contributed by atoms with Crippen molar-refractivity contribution in [3.8, 4) is 0 Å². The first-order chi connectivity index (χ1) is 9.33. The van der Waals surface area contributed by atoms with E-state index in [2.05, 4.69) is 20.5 Å².